The molecule has 1 unspecified atom stereocenters. The Kier molecular flexibility index (Phi) is 8.76. The van der Waals surface area contributed by atoms with Gasteiger partial charge in [-0.15, -0.1) is 0 Å². The van der Waals surface area contributed by atoms with E-state index in [0.29, 0.717) is 16.3 Å². The topological polar surface area (TPSA) is 103 Å². The molecule has 160 valence electrons. The Morgan fingerprint density at radius 1 is 1.03 bits per heavy atom. The molecule has 0 aliphatic carbocycles. The number of hydrazine groups is 1. The van der Waals surface area contributed by atoms with Crippen LogP contribution in [0, 0.1) is 0 Å². The van der Waals surface area contributed by atoms with Crippen LogP contribution in [-0.2, 0) is 14.3 Å². The Hall–Kier alpha value is -2.97. The van der Waals surface area contributed by atoms with Crippen LogP contribution in [0.5, 0.6) is 11.5 Å². The minimum atomic E-state index is -0.930. The summed E-state index contributed by atoms with van der Waals surface area (Å²) in [6.45, 7) is 3.14. The van der Waals surface area contributed by atoms with Gasteiger partial charge in [0.15, 0.2) is 12.7 Å². The Bertz CT molecular complexity index is 905. The molecule has 0 radical (unpaired) electrons. The van der Waals surface area contributed by atoms with Gasteiger partial charge in [0, 0.05) is 5.02 Å². The van der Waals surface area contributed by atoms with Gasteiger partial charge in [-0.1, -0.05) is 23.2 Å². The molecule has 2 aromatic rings. The zero-order valence-corrected chi connectivity index (χ0v) is 17.8. The fourth-order valence-electron chi connectivity index (χ4n) is 2.13. The number of ether oxygens (including phenoxy) is 3. The van der Waals surface area contributed by atoms with Gasteiger partial charge in [0.25, 0.3) is 11.8 Å². The van der Waals surface area contributed by atoms with Crippen molar-refractivity contribution in [3.63, 3.8) is 0 Å². The Morgan fingerprint density at radius 3 is 2.37 bits per heavy atom. The molecule has 2 rings (SSSR count). The highest BCUT2D eigenvalue weighted by molar-refractivity contribution is 6.35. The highest BCUT2D eigenvalue weighted by atomic mass is 35.5. The van der Waals surface area contributed by atoms with Crippen LogP contribution >= 0.6 is 23.2 Å². The number of amides is 2. The Morgan fingerprint density at radius 2 is 1.73 bits per heavy atom. The maximum Gasteiger partial charge on any atom is 0.338 e. The van der Waals surface area contributed by atoms with Gasteiger partial charge in [0.1, 0.15) is 11.5 Å². The first-order valence-electron chi connectivity index (χ1n) is 8.90. The van der Waals surface area contributed by atoms with Gasteiger partial charge < -0.3 is 14.2 Å². The highest BCUT2D eigenvalue weighted by Crippen LogP contribution is 2.28. The summed E-state index contributed by atoms with van der Waals surface area (Å²) in [5.74, 6) is -0.966. The number of benzene rings is 2. The van der Waals surface area contributed by atoms with Crippen LogP contribution in [0.4, 0.5) is 0 Å². The summed E-state index contributed by atoms with van der Waals surface area (Å²) < 4.78 is 15.6. The van der Waals surface area contributed by atoms with E-state index >= 15 is 0 Å². The van der Waals surface area contributed by atoms with Crippen molar-refractivity contribution in [3.05, 3.63) is 58.1 Å². The van der Waals surface area contributed by atoms with Gasteiger partial charge in [0.2, 0.25) is 0 Å². The molecule has 0 aromatic heterocycles. The van der Waals surface area contributed by atoms with Gasteiger partial charge in [-0.05, 0) is 56.3 Å². The molecule has 1 atom stereocenters. The van der Waals surface area contributed by atoms with Crippen LogP contribution in [-0.4, -0.2) is 37.1 Å². The maximum atomic E-state index is 12.1. The van der Waals surface area contributed by atoms with E-state index in [1.54, 1.807) is 13.0 Å². The lowest BCUT2D eigenvalue weighted by Gasteiger charge is -2.16. The highest BCUT2D eigenvalue weighted by Gasteiger charge is 2.17. The molecule has 10 heteroatoms. The fourth-order valence-corrected chi connectivity index (χ4v) is 2.59. The third-order valence-electron chi connectivity index (χ3n) is 3.63. The number of halogens is 2. The van der Waals surface area contributed by atoms with Gasteiger partial charge in [0.05, 0.1) is 17.2 Å². The zero-order chi connectivity index (χ0) is 22.1. The monoisotopic (exact) mass is 454 g/mol. The van der Waals surface area contributed by atoms with Crippen molar-refractivity contribution in [3.8, 4) is 11.5 Å². The predicted octanol–water partition coefficient (Wildman–Crippen LogP) is 3.16. The van der Waals surface area contributed by atoms with Crippen molar-refractivity contribution in [2.24, 2.45) is 0 Å². The Balaban J connectivity index is 1.75. The molecule has 0 saturated heterocycles. The summed E-state index contributed by atoms with van der Waals surface area (Å²) in [5, 5.41) is 0.695. The van der Waals surface area contributed by atoms with Crippen LogP contribution in [0.25, 0.3) is 0 Å². The molecule has 2 N–H and O–H groups in total. The van der Waals surface area contributed by atoms with Crippen LogP contribution in [0.2, 0.25) is 10.0 Å². The van der Waals surface area contributed by atoms with E-state index in [1.807, 2.05) is 0 Å². The van der Waals surface area contributed by atoms with Crippen molar-refractivity contribution in [2.45, 2.75) is 20.0 Å². The van der Waals surface area contributed by atoms with Crippen molar-refractivity contribution in [1.82, 2.24) is 10.9 Å². The average Bonchev–Trinajstić information content (AvgIpc) is 2.72. The van der Waals surface area contributed by atoms with Gasteiger partial charge in [-0.2, -0.15) is 0 Å². The van der Waals surface area contributed by atoms with Crippen LogP contribution in [0.15, 0.2) is 42.5 Å². The van der Waals surface area contributed by atoms with E-state index in [2.05, 4.69) is 10.9 Å². The number of hydrogen-bond acceptors (Lipinski definition) is 6. The maximum absolute atomic E-state index is 12.1. The van der Waals surface area contributed by atoms with E-state index in [4.69, 9.17) is 37.4 Å². The lowest BCUT2D eigenvalue weighted by molar-refractivity contribution is -0.133. The van der Waals surface area contributed by atoms with Crippen LogP contribution in [0.1, 0.15) is 24.2 Å². The third-order valence-corrected chi connectivity index (χ3v) is 4.16. The van der Waals surface area contributed by atoms with Crippen molar-refractivity contribution in [2.75, 3.05) is 13.2 Å². The summed E-state index contributed by atoms with van der Waals surface area (Å²) in [6.07, 6.45) is -0.930. The van der Waals surface area contributed by atoms with Crippen LogP contribution in [0.3, 0.4) is 0 Å². The molecule has 0 bridgehead atoms. The second-order valence-electron chi connectivity index (χ2n) is 5.91. The van der Waals surface area contributed by atoms with Gasteiger partial charge in [-0.25, -0.2) is 4.79 Å². The Labute approximate surface area is 183 Å². The van der Waals surface area contributed by atoms with Gasteiger partial charge in [-0.3, -0.25) is 20.4 Å². The van der Waals surface area contributed by atoms with E-state index < -0.39 is 23.9 Å². The molecule has 30 heavy (non-hydrogen) atoms. The molecule has 2 amide bonds. The predicted molar refractivity (Wildman–Crippen MR) is 111 cm³/mol. The van der Waals surface area contributed by atoms with E-state index in [-0.39, 0.29) is 24.0 Å². The standard InChI is InChI=1S/C20H20Cl2N2O6/c1-3-28-20(27)13-4-7-15(8-5-13)29-11-18(25)23-24-19(26)12(2)30-17-9-6-14(21)10-16(17)22/h4-10,12H,3,11H2,1-2H3,(H,23,25)(H,24,26). The molecule has 8 nitrogen and oxygen atoms in total. The van der Waals surface area contributed by atoms with E-state index in [1.165, 1.54) is 43.3 Å². The third kappa shape index (κ3) is 7.13. The molecule has 2 aromatic carbocycles. The summed E-state index contributed by atoms with van der Waals surface area (Å²) >= 11 is 11.8. The first kappa shape index (κ1) is 23.3. The van der Waals surface area contributed by atoms with Crippen molar-refractivity contribution >= 4 is 41.0 Å². The second kappa shape index (κ2) is 11.3. The normalized spacial score (nSPS) is 11.2. The molecular weight excluding hydrogens is 435 g/mol. The summed E-state index contributed by atoms with van der Waals surface area (Å²) in [7, 11) is 0. The number of carbonyl (C=O) groups excluding carboxylic acids is 3. The average molecular weight is 455 g/mol. The van der Waals surface area contributed by atoms with Gasteiger partial charge >= 0.3 is 5.97 Å². The summed E-state index contributed by atoms with van der Waals surface area (Å²) in [6, 6.07) is 10.7. The zero-order valence-electron chi connectivity index (χ0n) is 16.2. The summed E-state index contributed by atoms with van der Waals surface area (Å²) in [4.78, 5) is 35.5. The number of esters is 1. The number of nitrogens with one attached hydrogen (secondary N) is 2. The van der Waals surface area contributed by atoms with E-state index in [9.17, 15) is 14.4 Å². The molecule has 0 heterocycles. The van der Waals surface area contributed by atoms with Crippen molar-refractivity contribution in [1.29, 1.82) is 0 Å². The minimum absolute atomic E-state index is 0.258. The molecule has 0 aliphatic rings. The SMILES string of the molecule is CCOC(=O)c1ccc(OCC(=O)NNC(=O)C(C)Oc2ccc(Cl)cc2Cl)cc1. The quantitative estimate of drug-likeness (QED) is 0.468. The largest absolute Gasteiger partial charge is 0.484 e. The molecule has 0 aliphatic heterocycles. The lowest BCUT2D eigenvalue weighted by atomic mass is 10.2. The first-order chi connectivity index (χ1) is 14.3. The summed E-state index contributed by atoms with van der Waals surface area (Å²) in [5.41, 5.74) is 4.82. The first-order valence-corrected chi connectivity index (χ1v) is 9.66. The van der Waals surface area contributed by atoms with E-state index in [0.717, 1.165) is 0 Å². The molecule has 0 saturated carbocycles. The number of carbonyl (C=O) groups is 3. The smallest absolute Gasteiger partial charge is 0.338 e. The number of hydrogen-bond donors (Lipinski definition) is 2. The molecule has 0 fully saturated rings. The second-order valence-corrected chi connectivity index (χ2v) is 6.75. The molecular formula is C20H20Cl2N2O6. The molecule has 0 spiro atoms. The lowest BCUT2D eigenvalue weighted by Crippen LogP contribution is -2.48. The minimum Gasteiger partial charge on any atom is -0.484 e. The fraction of sp³-hybridized carbons (Fsp3) is 0.250. The number of rotatable bonds is 8. The van der Waals surface area contributed by atoms with Crippen LogP contribution < -0.4 is 20.3 Å². The van der Waals surface area contributed by atoms with Crippen molar-refractivity contribution < 1.29 is 28.6 Å².